The highest BCUT2D eigenvalue weighted by atomic mass is 31.1. The first-order valence-electron chi connectivity index (χ1n) is 21.3. The monoisotopic (exact) mass is 819 g/mol. The SMILES string of the molecule is Cc1ccc(N(c2ccccc2)c2ccccc2P(c2ccccc2N(c2ccccc2)c2ccc(C)cc2)c2ccccc2N(c2ccc(C)cc2)c2ccc(C)cc2)cc1. The van der Waals surface area contributed by atoms with Gasteiger partial charge in [-0.25, -0.2) is 0 Å². The van der Waals surface area contributed by atoms with Gasteiger partial charge in [0.15, 0.2) is 0 Å². The van der Waals surface area contributed by atoms with Crippen molar-refractivity contribution in [1.29, 1.82) is 0 Å². The fourth-order valence-corrected chi connectivity index (χ4v) is 10.8. The van der Waals surface area contributed by atoms with E-state index in [4.69, 9.17) is 0 Å². The van der Waals surface area contributed by atoms with E-state index in [1.165, 1.54) is 38.2 Å². The molecule has 3 nitrogen and oxygen atoms in total. The van der Waals surface area contributed by atoms with Crippen LogP contribution in [0.1, 0.15) is 22.3 Å². The molecule has 0 heterocycles. The Morgan fingerprint density at radius 3 is 0.694 bits per heavy atom. The number of para-hydroxylation sites is 5. The Morgan fingerprint density at radius 2 is 0.435 bits per heavy atom. The predicted molar refractivity (Wildman–Crippen MR) is 268 cm³/mol. The van der Waals surface area contributed by atoms with E-state index in [9.17, 15) is 0 Å². The lowest BCUT2D eigenvalue weighted by Crippen LogP contribution is -2.30. The fourth-order valence-electron chi connectivity index (χ4n) is 8.13. The van der Waals surface area contributed by atoms with Crippen molar-refractivity contribution in [2.45, 2.75) is 27.7 Å². The van der Waals surface area contributed by atoms with Crippen molar-refractivity contribution >= 4 is 75.0 Å². The van der Waals surface area contributed by atoms with Gasteiger partial charge in [-0.1, -0.05) is 162 Å². The van der Waals surface area contributed by atoms with Crippen LogP contribution in [0.2, 0.25) is 0 Å². The first-order chi connectivity index (χ1) is 30.4. The normalized spacial score (nSPS) is 11.0. The van der Waals surface area contributed by atoms with E-state index in [-0.39, 0.29) is 0 Å². The number of nitrogens with zero attached hydrogens (tertiary/aromatic N) is 3. The largest absolute Gasteiger partial charge is 0.310 e. The molecular weight excluding hydrogens is 770 g/mol. The van der Waals surface area contributed by atoms with E-state index in [2.05, 4.69) is 273 Å². The molecule has 0 fully saturated rings. The first-order valence-corrected chi connectivity index (χ1v) is 22.6. The number of hydrogen-bond donors (Lipinski definition) is 0. The van der Waals surface area contributed by atoms with Crippen molar-refractivity contribution in [1.82, 2.24) is 0 Å². The minimum Gasteiger partial charge on any atom is -0.310 e. The Morgan fingerprint density at radius 1 is 0.226 bits per heavy atom. The molecule has 0 bridgehead atoms. The molecule has 0 saturated heterocycles. The average molecular weight is 820 g/mol. The van der Waals surface area contributed by atoms with Crippen molar-refractivity contribution in [2.75, 3.05) is 14.7 Å². The number of hydrogen-bond acceptors (Lipinski definition) is 3. The second-order valence-electron chi connectivity index (χ2n) is 15.8. The Hall–Kier alpha value is -7.19. The van der Waals surface area contributed by atoms with Gasteiger partial charge in [0.25, 0.3) is 0 Å². The summed E-state index contributed by atoms with van der Waals surface area (Å²) in [7, 11) is -1.30. The fraction of sp³-hybridized carbons (Fsp3) is 0.0690. The second-order valence-corrected chi connectivity index (χ2v) is 17.9. The van der Waals surface area contributed by atoms with E-state index in [0.29, 0.717) is 0 Å². The first kappa shape index (κ1) is 40.2. The molecule has 0 unspecified atom stereocenters. The van der Waals surface area contributed by atoms with Crippen LogP contribution in [0.15, 0.2) is 231 Å². The van der Waals surface area contributed by atoms with Crippen LogP contribution >= 0.6 is 7.92 Å². The Kier molecular flexibility index (Phi) is 11.8. The molecule has 0 radical (unpaired) electrons. The summed E-state index contributed by atoms with van der Waals surface area (Å²) in [5.41, 5.74) is 15.0. The number of anilines is 9. The summed E-state index contributed by atoms with van der Waals surface area (Å²) in [4.78, 5) is 7.31. The van der Waals surface area contributed by atoms with Crippen LogP contribution in [0.4, 0.5) is 51.2 Å². The highest BCUT2D eigenvalue weighted by Crippen LogP contribution is 2.48. The van der Waals surface area contributed by atoms with E-state index >= 15 is 0 Å². The van der Waals surface area contributed by atoms with Crippen LogP contribution in [0, 0.1) is 27.7 Å². The van der Waals surface area contributed by atoms with Crippen LogP contribution < -0.4 is 30.6 Å². The van der Waals surface area contributed by atoms with Crippen molar-refractivity contribution in [2.24, 2.45) is 0 Å². The van der Waals surface area contributed by atoms with Gasteiger partial charge < -0.3 is 14.7 Å². The van der Waals surface area contributed by atoms with E-state index in [1.807, 2.05) is 0 Å². The van der Waals surface area contributed by atoms with Crippen LogP contribution in [-0.2, 0) is 0 Å². The van der Waals surface area contributed by atoms with Crippen molar-refractivity contribution in [3.63, 3.8) is 0 Å². The highest BCUT2D eigenvalue weighted by Gasteiger charge is 2.31. The van der Waals surface area contributed by atoms with Gasteiger partial charge in [0.05, 0.1) is 17.1 Å². The van der Waals surface area contributed by atoms with Gasteiger partial charge in [-0.15, -0.1) is 0 Å². The standard InChI is InChI=1S/C58H50N3P/c1-43-27-35-49(36-28-43)59(47-17-7-5-8-18-47)53-21-11-14-24-56(53)62(57-25-15-12-22-54(57)60(48-19-9-6-10-20-48)50-37-29-44(2)30-38-50)58-26-16-13-23-55(58)61(51-39-31-45(3)32-40-51)52-41-33-46(4)34-42-52/h5-42H,1-4H3. The zero-order valence-corrected chi connectivity index (χ0v) is 36.6. The molecule has 302 valence electrons. The number of aryl methyl sites for hydroxylation is 4. The highest BCUT2D eigenvalue weighted by molar-refractivity contribution is 7.80. The summed E-state index contributed by atoms with van der Waals surface area (Å²) in [6, 6.07) is 84.4. The average Bonchev–Trinajstić information content (AvgIpc) is 3.31. The lowest BCUT2D eigenvalue weighted by molar-refractivity contribution is 1.27. The van der Waals surface area contributed by atoms with E-state index in [1.54, 1.807) is 0 Å². The summed E-state index contributed by atoms with van der Waals surface area (Å²) in [5, 5.41) is 3.74. The summed E-state index contributed by atoms with van der Waals surface area (Å²) in [6.45, 7) is 8.61. The van der Waals surface area contributed by atoms with Crippen molar-refractivity contribution in [3.8, 4) is 0 Å². The quantitative estimate of drug-likeness (QED) is 0.114. The van der Waals surface area contributed by atoms with Crippen LogP contribution in [-0.4, -0.2) is 0 Å². The van der Waals surface area contributed by atoms with Crippen molar-refractivity contribution in [3.05, 3.63) is 253 Å². The van der Waals surface area contributed by atoms with Gasteiger partial charge in [-0.3, -0.25) is 0 Å². The van der Waals surface area contributed by atoms with Gasteiger partial charge in [0.1, 0.15) is 0 Å². The summed E-state index contributed by atoms with van der Waals surface area (Å²) >= 11 is 0. The second kappa shape index (κ2) is 18.2. The van der Waals surface area contributed by atoms with E-state index < -0.39 is 7.92 Å². The van der Waals surface area contributed by atoms with E-state index in [0.717, 1.165) is 51.2 Å². The molecular formula is C58H50N3P. The molecule has 9 aromatic rings. The predicted octanol–water partition coefficient (Wildman–Crippen LogP) is 15.1. The minimum atomic E-state index is -1.30. The third-order valence-corrected chi connectivity index (χ3v) is 13.9. The molecule has 4 heteroatoms. The molecule has 0 aliphatic carbocycles. The Balaban J connectivity index is 1.36. The Labute approximate surface area is 368 Å². The van der Waals surface area contributed by atoms with Gasteiger partial charge in [-0.2, -0.15) is 0 Å². The summed E-state index contributed by atoms with van der Waals surface area (Å²) in [6.07, 6.45) is 0. The maximum atomic E-state index is 2.44. The molecule has 0 atom stereocenters. The maximum Gasteiger partial charge on any atom is 0.0545 e. The summed E-state index contributed by atoms with van der Waals surface area (Å²) < 4.78 is 0. The van der Waals surface area contributed by atoms with Crippen LogP contribution in [0.5, 0.6) is 0 Å². The molecule has 9 rings (SSSR count). The van der Waals surface area contributed by atoms with Crippen LogP contribution in [0.3, 0.4) is 0 Å². The third kappa shape index (κ3) is 8.41. The number of rotatable bonds is 12. The minimum absolute atomic E-state index is 1.10. The van der Waals surface area contributed by atoms with Gasteiger partial charge >= 0.3 is 0 Å². The van der Waals surface area contributed by atoms with Gasteiger partial charge in [0, 0.05) is 50.0 Å². The zero-order chi connectivity index (χ0) is 42.4. The van der Waals surface area contributed by atoms with Crippen molar-refractivity contribution < 1.29 is 0 Å². The number of benzene rings is 9. The molecule has 0 spiro atoms. The molecule has 0 aliphatic rings. The summed E-state index contributed by atoms with van der Waals surface area (Å²) in [5.74, 6) is 0. The smallest absolute Gasteiger partial charge is 0.0545 e. The lowest BCUT2D eigenvalue weighted by Gasteiger charge is -2.36. The Bertz CT molecular complexity index is 2700. The molecule has 9 aromatic carbocycles. The van der Waals surface area contributed by atoms with Gasteiger partial charge in [0.2, 0.25) is 0 Å². The van der Waals surface area contributed by atoms with Gasteiger partial charge in [-0.05, 0) is 127 Å². The third-order valence-electron chi connectivity index (χ3n) is 11.3. The molecule has 0 aromatic heterocycles. The molecule has 0 aliphatic heterocycles. The zero-order valence-electron chi connectivity index (χ0n) is 35.7. The molecule has 62 heavy (non-hydrogen) atoms. The molecule has 0 saturated carbocycles. The maximum absolute atomic E-state index is 2.44. The van der Waals surface area contributed by atoms with Crippen LogP contribution in [0.25, 0.3) is 0 Å². The topological polar surface area (TPSA) is 9.72 Å². The lowest BCUT2D eigenvalue weighted by atomic mass is 10.1. The molecule has 0 amide bonds. The molecule has 0 N–H and O–H groups in total.